The summed E-state index contributed by atoms with van der Waals surface area (Å²) in [7, 11) is 1.57. The smallest absolute Gasteiger partial charge is 0.253 e. The Kier molecular flexibility index (Phi) is 4.34. The van der Waals surface area contributed by atoms with Crippen LogP contribution in [0, 0.1) is 5.82 Å². The van der Waals surface area contributed by atoms with E-state index in [-0.39, 0.29) is 10.9 Å². The van der Waals surface area contributed by atoms with Gasteiger partial charge in [0.25, 0.3) is 5.91 Å². The van der Waals surface area contributed by atoms with Crippen LogP contribution in [0.15, 0.2) is 23.2 Å². The van der Waals surface area contributed by atoms with Crippen molar-refractivity contribution >= 4 is 23.5 Å². The predicted molar refractivity (Wildman–Crippen MR) is 69.6 cm³/mol. The topological polar surface area (TPSA) is 62.7 Å². The lowest BCUT2D eigenvalue weighted by molar-refractivity contribution is -0.120. The number of methoxy groups -OCH3 is 1. The third kappa shape index (κ3) is 3.21. The summed E-state index contributed by atoms with van der Waals surface area (Å²) >= 11 is 5.70. The highest BCUT2D eigenvalue weighted by Crippen LogP contribution is 2.22. The molecule has 2 rings (SSSR count). The normalized spacial score (nSPS) is 20.5. The fourth-order valence-electron chi connectivity index (χ4n) is 1.69. The van der Waals surface area contributed by atoms with Crippen LogP contribution in [-0.2, 0) is 9.53 Å². The molecule has 0 aliphatic carbocycles. The molecular formula is C12H13ClFN3O2. The van der Waals surface area contributed by atoms with Crippen LogP contribution in [0.2, 0.25) is 5.02 Å². The van der Waals surface area contributed by atoms with E-state index in [0.29, 0.717) is 24.7 Å². The summed E-state index contributed by atoms with van der Waals surface area (Å²) in [6.07, 6.45) is 0. The van der Waals surface area contributed by atoms with Gasteiger partial charge in [-0.2, -0.15) is 0 Å². The molecule has 1 amide bonds. The SMILES string of the molecule is COCCN=C1NC(=O)C(c2ccc(F)c(Cl)c2)N1. The van der Waals surface area contributed by atoms with Gasteiger partial charge in [-0.3, -0.25) is 15.1 Å². The lowest BCUT2D eigenvalue weighted by atomic mass is 10.1. The Morgan fingerprint density at radius 2 is 2.32 bits per heavy atom. The van der Waals surface area contributed by atoms with E-state index in [9.17, 15) is 9.18 Å². The van der Waals surface area contributed by atoms with Gasteiger partial charge in [-0.15, -0.1) is 0 Å². The van der Waals surface area contributed by atoms with Gasteiger partial charge < -0.3 is 10.1 Å². The lowest BCUT2D eigenvalue weighted by Crippen LogP contribution is -2.26. The highest BCUT2D eigenvalue weighted by Gasteiger charge is 2.29. The van der Waals surface area contributed by atoms with Gasteiger partial charge in [-0.1, -0.05) is 17.7 Å². The molecule has 1 aromatic rings. The maximum absolute atomic E-state index is 13.1. The Balaban J connectivity index is 2.11. The number of nitrogens with zero attached hydrogens (tertiary/aromatic N) is 1. The Morgan fingerprint density at radius 3 is 3.00 bits per heavy atom. The second kappa shape index (κ2) is 5.99. The van der Waals surface area contributed by atoms with Gasteiger partial charge in [-0.05, 0) is 17.7 Å². The average Bonchev–Trinajstić information content (AvgIpc) is 2.74. The van der Waals surface area contributed by atoms with Crippen molar-refractivity contribution in [3.8, 4) is 0 Å². The highest BCUT2D eigenvalue weighted by molar-refractivity contribution is 6.30. The second-order valence-electron chi connectivity index (χ2n) is 3.96. The number of carbonyl (C=O) groups is 1. The van der Waals surface area contributed by atoms with E-state index in [1.165, 1.54) is 18.2 Å². The first-order valence-corrected chi connectivity index (χ1v) is 6.05. The molecule has 0 aromatic heterocycles. The number of guanidine groups is 1. The minimum atomic E-state index is -0.612. The molecule has 0 saturated carbocycles. The second-order valence-corrected chi connectivity index (χ2v) is 4.37. The summed E-state index contributed by atoms with van der Waals surface area (Å²) in [5, 5.41) is 5.50. The molecule has 2 N–H and O–H groups in total. The van der Waals surface area contributed by atoms with Crippen LogP contribution < -0.4 is 10.6 Å². The molecule has 0 radical (unpaired) electrons. The van der Waals surface area contributed by atoms with Gasteiger partial charge in [0.05, 0.1) is 18.2 Å². The Labute approximate surface area is 114 Å². The summed E-state index contributed by atoms with van der Waals surface area (Å²) in [5.74, 6) is -0.385. The standard InChI is InChI=1S/C12H13ClFN3O2/c1-19-5-4-15-12-16-10(11(18)17-12)7-2-3-9(14)8(13)6-7/h2-3,6,10H,4-5H2,1H3,(H2,15,16,17,18). The van der Waals surface area contributed by atoms with Gasteiger partial charge in [-0.25, -0.2) is 4.39 Å². The van der Waals surface area contributed by atoms with Gasteiger partial charge in [0.1, 0.15) is 11.9 Å². The monoisotopic (exact) mass is 285 g/mol. The first-order chi connectivity index (χ1) is 9.11. The fourth-order valence-corrected chi connectivity index (χ4v) is 1.88. The molecule has 19 heavy (non-hydrogen) atoms. The number of benzene rings is 1. The zero-order valence-corrected chi connectivity index (χ0v) is 11.0. The molecule has 102 valence electrons. The van der Waals surface area contributed by atoms with Gasteiger partial charge in [0.15, 0.2) is 5.96 Å². The highest BCUT2D eigenvalue weighted by atomic mass is 35.5. The van der Waals surface area contributed by atoms with Crippen LogP contribution >= 0.6 is 11.6 Å². The van der Waals surface area contributed by atoms with Crippen molar-refractivity contribution in [2.75, 3.05) is 20.3 Å². The largest absolute Gasteiger partial charge is 0.383 e. The fraction of sp³-hybridized carbons (Fsp3) is 0.333. The first-order valence-electron chi connectivity index (χ1n) is 5.67. The molecule has 1 heterocycles. The van der Waals surface area contributed by atoms with Gasteiger partial charge >= 0.3 is 0 Å². The number of nitrogens with one attached hydrogen (secondary N) is 2. The number of aliphatic imine (C=N–C) groups is 1. The van der Waals surface area contributed by atoms with Crippen LogP contribution in [0.1, 0.15) is 11.6 Å². The number of halogens is 2. The molecule has 7 heteroatoms. The zero-order valence-electron chi connectivity index (χ0n) is 10.2. The number of hydrogen-bond acceptors (Lipinski definition) is 3. The van der Waals surface area contributed by atoms with E-state index < -0.39 is 11.9 Å². The van der Waals surface area contributed by atoms with E-state index in [0.717, 1.165) is 0 Å². The number of rotatable bonds is 4. The summed E-state index contributed by atoms with van der Waals surface area (Å²) in [6.45, 7) is 0.907. The predicted octanol–water partition coefficient (Wildman–Crippen LogP) is 1.24. The molecule has 1 unspecified atom stereocenters. The van der Waals surface area contributed by atoms with Crippen LogP contribution in [0.5, 0.6) is 0 Å². The van der Waals surface area contributed by atoms with Crippen molar-refractivity contribution in [3.63, 3.8) is 0 Å². The Morgan fingerprint density at radius 1 is 1.53 bits per heavy atom. The molecule has 1 aliphatic heterocycles. The van der Waals surface area contributed by atoms with E-state index >= 15 is 0 Å². The molecule has 0 bridgehead atoms. The minimum absolute atomic E-state index is 0.0168. The molecule has 5 nitrogen and oxygen atoms in total. The Hall–Kier alpha value is -1.66. The van der Waals surface area contributed by atoms with Crippen molar-refractivity contribution in [1.82, 2.24) is 10.6 Å². The maximum Gasteiger partial charge on any atom is 0.253 e. The third-order valence-corrected chi connectivity index (χ3v) is 2.92. The quantitative estimate of drug-likeness (QED) is 0.818. The summed E-state index contributed by atoms with van der Waals surface area (Å²) < 4.78 is 17.9. The van der Waals surface area contributed by atoms with Crippen molar-refractivity contribution in [2.24, 2.45) is 4.99 Å². The lowest BCUT2D eigenvalue weighted by Gasteiger charge is -2.08. The Bertz CT molecular complexity index is 522. The molecular weight excluding hydrogens is 273 g/mol. The minimum Gasteiger partial charge on any atom is -0.383 e. The van der Waals surface area contributed by atoms with E-state index in [1.807, 2.05) is 0 Å². The van der Waals surface area contributed by atoms with Crippen LogP contribution in [-0.4, -0.2) is 32.1 Å². The molecule has 1 aliphatic rings. The molecule has 1 fully saturated rings. The number of carbonyl (C=O) groups excluding carboxylic acids is 1. The average molecular weight is 286 g/mol. The van der Waals surface area contributed by atoms with Crippen LogP contribution in [0.4, 0.5) is 4.39 Å². The van der Waals surface area contributed by atoms with E-state index in [1.54, 1.807) is 7.11 Å². The molecule has 1 aromatic carbocycles. The summed E-state index contributed by atoms with van der Waals surface area (Å²) in [6, 6.07) is 3.55. The van der Waals surface area contributed by atoms with Crippen molar-refractivity contribution < 1.29 is 13.9 Å². The molecule has 1 atom stereocenters. The van der Waals surface area contributed by atoms with Gasteiger partial charge in [0.2, 0.25) is 0 Å². The first kappa shape index (κ1) is 13.8. The number of amides is 1. The summed E-state index contributed by atoms with van der Waals surface area (Å²) in [4.78, 5) is 15.9. The third-order valence-electron chi connectivity index (χ3n) is 2.63. The number of hydrogen-bond donors (Lipinski definition) is 2. The van der Waals surface area contributed by atoms with Crippen molar-refractivity contribution in [3.05, 3.63) is 34.6 Å². The van der Waals surface area contributed by atoms with Gasteiger partial charge in [0, 0.05) is 7.11 Å². The van der Waals surface area contributed by atoms with Crippen LogP contribution in [0.25, 0.3) is 0 Å². The van der Waals surface area contributed by atoms with E-state index in [4.69, 9.17) is 16.3 Å². The van der Waals surface area contributed by atoms with Crippen molar-refractivity contribution in [1.29, 1.82) is 0 Å². The summed E-state index contributed by atoms with van der Waals surface area (Å²) in [5.41, 5.74) is 0.584. The number of ether oxygens (including phenoxy) is 1. The van der Waals surface area contributed by atoms with Crippen LogP contribution in [0.3, 0.4) is 0 Å². The van der Waals surface area contributed by atoms with E-state index in [2.05, 4.69) is 15.6 Å². The maximum atomic E-state index is 13.1. The van der Waals surface area contributed by atoms with Crippen molar-refractivity contribution in [2.45, 2.75) is 6.04 Å². The molecule has 0 spiro atoms. The molecule has 1 saturated heterocycles. The zero-order chi connectivity index (χ0) is 13.8.